The fourth-order valence-corrected chi connectivity index (χ4v) is 0.910. The molecule has 0 unspecified atom stereocenters. The van der Waals surface area contributed by atoms with Crippen molar-refractivity contribution < 1.29 is 4.79 Å². The molecular weight excluding hydrogens is 148 g/mol. The van der Waals surface area contributed by atoms with Gasteiger partial charge in [0.2, 0.25) is 0 Å². The summed E-state index contributed by atoms with van der Waals surface area (Å²) in [6, 6.07) is 0. The van der Waals surface area contributed by atoms with Crippen LogP contribution in [0.15, 0.2) is 34.9 Å². The summed E-state index contributed by atoms with van der Waals surface area (Å²) < 4.78 is 0. The van der Waals surface area contributed by atoms with Crippen molar-refractivity contribution in [1.29, 1.82) is 0 Å². The van der Waals surface area contributed by atoms with E-state index < -0.39 is 0 Å². The molecule has 0 saturated carbocycles. The van der Waals surface area contributed by atoms with Crippen LogP contribution in [0.4, 0.5) is 0 Å². The molecule has 0 N–H and O–H groups in total. The molecule has 0 spiro atoms. The van der Waals surface area contributed by atoms with Gasteiger partial charge < -0.3 is 0 Å². The van der Waals surface area contributed by atoms with Crippen molar-refractivity contribution in [3.05, 3.63) is 34.9 Å². The first-order valence-corrected chi connectivity index (χ1v) is 3.99. The van der Waals surface area contributed by atoms with E-state index in [0.717, 1.165) is 28.6 Å². The first-order chi connectivity index (χ1) is 5.54. The van der Waals surface area contributed by atoms with Crippen molar-refractivity contribution >= 4 is 6.29 Å². The Morgan fingerprint density at radius 1 is 1.17 bits per heavy atom. The maximum Gasteiger partial charge on any atom is 0.149 e. The van der Waals surface area contributed by atoms with Crippen LogP contribution in [0.2, 0.25) is 0 Å². The molecule has 66 valence electrons. The van der Waals surface area contributed by atoms with Gasteiger partial charge in [0, 0.05) is 5.57 Å². The summed E-state index contributed by atoms with van der Waals surface area (Å²) >= 11 is 0. The van der Waals surface area contributed by atoms with E-state index in [1.54, 1.807) is 0 Å². The van der Waals surface area contributed by atoms with Crippen LogP contribution in [-0.4, -0.2) is 6.29 Å². The van der Waals surface area contributed by atoms with Crippen LogP contribution in [0.1, 0.15) is 27.7 Å². The number of hydrogen-bond acceptors (Lipinski definition) is 1. The van der Waals surface area contributed by atoms with E-state index in [1.807, 2.05) is 33.8 Å². The number of aldehydes is 1. The predicted octanol–water partition coefficient (Wildman–Crippen LogP) is 3.04. The standard InChI is InChI=1S/C11H16O/c1-6-11(7-12)10(5)9(4)8(2)3/h6-7H,2H2,1,3-5H3/b10-9-,11-6?. The first-order valence-electron chi connectivity index (χ1n) is 3.99. The number of hydrogen-bond donors (Lipinski definition) is 0. The van der Waals surface area contributed by atoms with Crippen LogP contribution in [0, 0.1) is 0 Å². The van der Waals surface area contributed by atoms with Crippen LogP contribution in [-0.2, 0) is 4.79 Å². The topological polar surface area (TPSA) is 17.1 Å². The fraction of sp³-hybridized carbons (Fsp3) is 0.364. The van der Waals surface area contributed by atoms with Gasteiger partial charge in [-0.15, -0.1) is 0 Å². The number of carbonyl (C=O) groups is 1. The molecule has 0 aliphatic carbocycles. The number of carbonyl (C=O) groups excluding carboxylic acids is 1. The Labute approximate surface area is 74.5 Å². The molecule has 0 aliphatic rings. The van der Waals surface area contributed by atoms with Gasteiger partial charge in [-0.05, 0) is 38.8 Å². The van der Waals surface area contributed by atoms with E-state index in [4.69, 9.17) is 0 Å². The van der Waals surface area contributed by atoms with Gasteiger partial charge >= 0.3 is 0 Å². The third-order valence-electron chi connectivity index (χ3n) is 2.07. The van der Waals surface area contributed by atoms with Crippen LogP contribution >= 0.6 is 0 Å². The summed E-state index contributed by atoms with van der Waals surface area (Å²) in [7, 11) is 0. The Morgan fingerprint density at radius 3 is 1.92 bits per heavy atom. The van der Waals surface area contributed by atoms with Gasteiger partial charge in [0.25, 0.3) is 0 Å². The normalized spacial score (nSPS) is 13.8. The van der Waals surface area contributed by atoms with E-state index in [1.165, 1.54) is 0 Å². The smallest absolute Gasteiger partial charge is 0.149 e. The molecule has 0 saturated heterocycles. The predicted molar refractivity (Wildman–Crippen MR) is 53.0 cm³/mol. The minimum absolute atomic E-state index is 0.746. The number of rotatable bonds is 3. The lowest BCUT2D eigenvalue weighted by atomic mass is 9.99. The molecule has 0 aromatic heterocycles. The highest BCUT2D eigenvalue weighted by atomic mass is 16.1. The van der Waals surface area contributed by atoms with E-state index in [2.05, 4.69) is 6.58 Å². The monoisotopic (exact) mass is 164 g/mol. The van der Waals surface area contributed by atoms with Crippen LogP contribution in [0.3, 0.4) is 0 Å². The largest absolute Gasteiger partial charge is 0.298 e. The zero-order chi connectivity index (χ0) is 9.72. The minimum Gasteiger partial charge on any atom is -0.298 e. The highest BCUT2D eigenvalue weighted by molar-refractivity contribution is 5.80. The van der Waals surface area contributed by atoms with E-state index in [0.29, 0.717) is 0 Å². The van der Waals surface area contributed by atoms with Crippen molar-refractivity contribution in [2.45, 2.75) is 27.7 Å². The SMILES string of the molecule is C=C(C)/C(C)=C(/C)C(C=O)=CC. The van der Waals surface area contributed by atoms with Crippen molar-refractivity contribution in [3.8, 4) is 0 Å². The fourth-order valence-electron chi connectivity index (χ4n) is 0.910. The molecule has 0 atom stereocenters. The summed E-state index contributed by atoms with van der Waals surface area (Å²) in [4.78, 5) is 10.6. The van der Waals surface area contributed by atoms with Crippen LogP contribution in [0.25, 0.3) is 0 Å². The molecule has 0 aromatic rings. The third kappa shape index (κ3) is 2.50. The van der Waals surface area contributed by atoms with Crippen molar-refractivity contribution in [3.63, 3.8) is 0 Å². The second kappa shape index (κ2) is 4.70. The zero-order valence-electron chi connectivity index (χ0n) is 8.27. The molecule has 0 rings (SSSR count). The van der Waals surface area contributed by atoms with Gasteiger partial charge in [0.05, 0.1) is 0 Å². The van der Waals surface area contributed by atoms with Gasteiger partial charge in [-0.25, -0.2) is 0 Å². The Morgan fingerprint density at radius 2 is 1.67 bits per heavy atom. The quantitative estimate of drug-likeness (QED) is 0.356. The average molecular weight is 164 g/mol. The maximum absolute atomic E-state index is 10.6. The maximum atomic E-state index is 10.6. The molecule has 0 radical (unpaired) electrons. The summed E-state index contributed by atoms with van der Waals surface area (Å²) in [5.41, 5.74) is 3.86. The molecular formula is C11H16O. The molecule has 0 heterocycles. The second-order valence-corrected chi connectivity index (χ2v) is 2.89. The lowest BCUT2D eigenvalue weighted by Gasteiger charge is -2.06. The molecule has 0 fully saturated rings. The van der Waals surface area contributed by atoms with Gasteiger partial charge in [0.1, 0.15) is 6.29 Å². The van der Waals surface area contributed by atoms with Crippen molar-refractivity contribution in [2.75, 3.05) is 0 Å². The zero-order valence-corrected chi connectivity index (χ0v) is 8.27. The molecule has 0 bridgehead atoms. The third-order valence-corrected chi connectivity index (χ3v) is 2.07. The first kappa shape index (κ1) is 10.9. The average Bonchev–Trinajstić information content (AvgIpc) is 2.05. The molecule has 1 nitrogen and oxygen atoms in total. The Kier molecular flexibility index (Phi) is 4.27. The Bertz CT molecular complexity index is 254. The summed E-state index contributed by atoms with van der Waals surface area (Å²) in [5.74, 6) is 0. The van der Waals surface area contributed by atoms with E-state index in [9.17, 15) is 4.79 Å². The van der Waals surface area contributed by atoms with Gasteiger partial charge in [-0.3, -0.25) is 4.79 Å². The van der Waals surface area contributed by atoms with Crippen LogP contribution < -0.4 is 0 Å². The molecule has 0 aliphatic heterocycles. The number of allylic oxidation sites excluding steroid dienone is 5. The van der Waals surface area contributed by atoms with Gasteiger partial charge in [-0.2, -0.15) is 0 Å². The second-order valence-electron chi connectivity index (χ2n) is 2.89. The lowest BCUT2D eigenvalue weighted by Crippen LogP contribution is -1.91. The Hall–Kier alpha value is -1.11. The van der Waals surface area contributed by atoms with Crippen LogP contribution in [0.5, 0.6) is 0 Å². The Balaban J connectivity index is 5.02. The summed E-state index contributed by atoms with van der Waals surface area (Å²) in [6.07, 6.45) is 2.69. The molecule has 1 heteroatoms. The molecule has 0 aromatic carbocycles. The van der Waals surface area contributed by atoms with Gasteiger partial charge in [0.15, 0.2) is 0 Å². The lowest BCUT2D eigenvalue weighted by molar-refractivity contribution is -0.104. The molecule has 12 heavy (non-hydrogen) atoms. The summed E-state index contributed by atoms with van der Waals surface area (Å²) in [6.45, 7) is 11.5. The highest BCUT2D eigenvalue weighted by Gasteiger charge is 2.01. The highest BCUT2D eigenvalue weighted by Crippen LogP contribution is 2.17. The minimum atomic E-state index is 0.746. The van der Waals surface area contributed by atoms with E-state index in [-0.39, 0.29) is 0 Å². The van der Waals surface area contributed by atoms with Gasteiger partial charge in [-0.1, -0.05) is 18.2 Å². The molecule has 0 amide bonds. The van der Waals surface area contributed by atoms with Crippen molar-refractivity contribution in [1.82, 2.24) is 0 Å². The summed E-state index contributed by atoms with van der Waals surface area (Å²) in [5, 5.41) is 0. The van der Waals surface area contributed by atoms with E-state index >= 15 is 0 Å². The van der Waals surface area contributed by atoms with Crippen molar-refractivity contribution in [2.24, 2.45) is 0 Å².